The maximum atomic E-state index is 12.1. The van der Waals surface area contributed by atoms with E-state index in [2.05, 4.69) is 5.32 Å². The first-order valence-electron chi connectivity index (χ1n) is 9.44. The lowest BCUT2D eigenvalue weighted by molar-refractivity contribution is -0.150. The Morgan fingerprint density at radius 2 is 2.07 bits per heavy atom. The fourth-order valence-corrected chi connectivity index (χ4v) is 4.45. The summed E-state index contributed by atoms with van der Waals surface area (Å²) in [6, 6.07) is 4.81. The molecule has 29 heavy (non-hydrogen) atoms. The molecule has 160 valence electrons. The van der Waals surface area contributed by atoms with E-state index in [0.717, 1.165) is 6.42 Å². The average molecular weight is 426 g/mol. The summed E-state index contributed by atoms with van der Waals surface area (Å²) in [7, 11) is -1.56. The van der Waals surface area contributed by atoms with Crippen molar-refractivity contribution in [3.05, 3.63) is 29.8 Å². The molecule has 1 fully saturated rings. The van der Waals surface area contributed by atoms with Crippen LogP contribution in [0.2, 0.25) is 0 Å². The van der Waals surface area contributed by atoms with E-state index in [9.17, 15) is 18.0 Å². The van der Waals surface area contributed by atoms with E-state index in [1.54, 1.807) is 24.3 Å². The third-order valence-corrected chi connectivity index (χ3v) is 6.07. The second kappa shape index (κ2) is 10.3. The molecule has 1 heterocycles. The first-order valence-corrected chi connectivity index (χ1v) is 11.3. The van der Waals surface area contributed by atoms with Gasteiger partial charge in [0.15, 0.2) is 27.4 Å². The molecule has 0 unspecified atom stereocenters. The highest BCUT2D eigenvalue weighted by Gasteiger charge is 2.30. The molecule has 2 atom stereocenters. The first kappa shape index (κ1) is 22.7. The Kier molecular flexibility index (Phi) is 8.07. The molecule has 1 aromatic carbocycles. The minimum atomic E-state index is -3.10. The van der Waals surface area contributed by atoms with Crippen molar-refractivity contribution in [2.45, 2.75) is 38.8 Å². The largest absolute Gasteiger partial charge is 0.493 e. The quantitative estimate of drug-likeness (QED) is 0.474. The van der Waals surface area contributed by atoms with E-state index in [4.69, 9.17) is 14.2 Å². The van der Waals surface area contributed by atoms with Crippen molar-refractivity contribution in [3.8, 4) is 11.5 Å². The Balaban J connectivity index is 1.89. The van der Waals surface area contributed by atoms with Gasteiger partial charge in [-0.15, -0.1) is 0 Å². The number of hydrogen-bond acceptors (Lipinski definition) is 7. The summed E-state index contributed by atoms with van der Waals surface area (Å²) in [6.07, 6.45) is 2.97. The molecule has 1 amide bonds. The fraction of sp³-hybridized carbons (Fsp3) is 0.500. The first-order chi connectivity index (χ1) is 13.7. The van der Waals surface area contributed by atoms with Crippen molar-refractivity contribution < 1.29 is 32.2 Å². The van der Waals surface area contributed by atoms with E-state index in [1.165, 1.54) is 20.1 Å². The standard InChI is InChI=1S/C20H27NO7S/c1-4-10-27-17-7-5-15(12-18(17)26-3)6-8-19(22)28-14(2)20(23)21-16-9-11-29(24,25)13-16/h5-8,12,14,16H,4,9-11,13H2,1-3H3,(H,21,23)/b8-6+/t14-,16+/m0/s1. The summed E-state index contributed by atoms with van der Waals surface area (Å²) >= 11 is 0. The van der Waals surface area contributed by atoms with E-state index >= 15 is 0 Å². The van der Waals surface area contributed by atoms with Gasteiger partial charge in [0.25, 0.3) is 5.91 Å². The molecule has 0 saturated carbocycles. The molecule has 1 aliphatic rings. The van der Waals surface area contributed by atoms with E-state index in [-0.39, 0.29) is 11.5 Å². The molecule has 1 saturated heterocycles. The van der Waals surface area contributed by atoms with E-state index in [1.807, 2.05) is 6.92 Å². The average Bonchev–Trinajstić information content (AvgIpc) is 3.03. The van der Waals surface area contributed by atoms with Gasteiger partial charge in [-0.2, -0.15) is 0 Å². The highest BCUT2D eigenvalue weighted by Crippen LogP contribution is 2.28. The topological polar surface area (TPSA) is 108 Å². The molecule has 0 spiro atoms. The van der Waals surface area contributed by atoms with Crippen molar-refractivity contribution in [2.24, 2.45) is 0 Å². The van der Waals surface area contributed by atoms with Crippen LogP contribution in [0.4, 0.5) is 0 Å². The summed E-state index contributed by atoms with van der Waals surface area (Å²) < 4.78 is 38.9. The predicted octanol–water partition coefficient (Wildman–Crippen LogP) is 1.73. The monoisotopic (exact) mass is 425 g/mol. The van der Waals surface area contributed by atoms with Crippen molar-refractivity contribution in [3.63, 3.8) is 0 Å². The Hall–Kier alpha value is -2.55. The number of esters is 1. The molecule has 1 aliphatic heterocycles. The van der Waals surface area contributed by atoms with Gasteiger partial charge in [-0.1, -0.05) is 13.0 Å². The van der Waals surface area contributed by atoms with Crippen LogP contribution in [0.15, 0.2) is 24.3 Å². The van der Waals surface area contributed by atoms with Crippen LogP contribution >= 0.6 is 0 Å². The molecule has 2 rings (SSSR count). The lowest BCUT2D eigenvalue weighted by Crippen LogP contribution is -2.42. The smallest absolute Gasteiger partial charge is 0.331 e. The Bertz CT molecular complexity index is 864. The van der Waals surface area contributed by atoms with E-state index < -0.39 is 33.9 Å². The molecule has 0 aliphatic carbocycles. The summed E-state index contributed by atoms with van der Waals surface area (Å²) in [6.45, 7) is 4.02. The zero-order valence-corrected chi connectivity index (χ0v) is 17.7. The maximum Gasteiger partial charge on any atom is 0.331 e. The second-order valence-corrected chi connectivity index (χ2v) is 9.01. The number of ether oxygens (including phenoxy) is 3. The van der Waals surface area contributed by atoms with Crippen LogP contribution < -0.4 is 14.8 Å². The van der Waals surface area contributed by atoms with Gasteiger partial charge in [0.05, 0.1) is 25.2 Å². The molecule has 0 radical (unpaired) electrons. The van der Waals surface area contributed by atoms with Gasteiger partial charge in [0.2, 0.25) is 0 Å². The molecular formula is C20H27NO7S. The van der Waals surface area contributed by atoms with Gasteiger partial charge in [0, 0.05) is 12.1 Å². The molecule has 1 N–H and O–H groups in total. The number of carbonyl (C=O) groups excluding carboxylic acids is 2. The van der Waals surface area contributed by atoms with Crippen LogP contribution in [0.25, 0.3) is 6.08 Å². The van der Waals surface area contributed by atoms with Crippen LogP contribution in [0.5, 0.6) is 11.5 Å². The Morgan fingerprint density at radius 1 is 1.31 bits per heavy atom. The van der Waals surface area contributed by atoms with Crippen LogP contribution in [-0.4, -0.2) is 57.7 Å². The minimum absolute atomic E-state index is 0.0561. The zero-order valence-electron chi connectivity index (χ0n) is 16.8. The number of sulfone groups is 1. The summed E-state index contributed by atoms with van der Waals surface area (Å²) in [5.74, 6) is -0.0638. The molecule has 8 nitrogen and oxygen atoms in total. The Morgan fingerprint density at radius 3 is 2.69 bits per heavy atom. The molecule has 9 heteroatoms. The summed E-state index contributed by atoms with van der Waals surface area (Å²) in [5.41, 5.74) is 0.705. The fourth-order valence-electron chi connectivity index (χ4n) is 2.78. The number of methoxy groups -OCH3 is 1. The normalized spacial score (nSPS) is 18.9. The van der Waals surface area contributed by atoms with Gasteiger partial charge in [0.1, 0.15) is 0 Å². The van der Waals surface area contributed by atoms with Crippen LogP contribution in [-0.2, 0) is 24.2 Å². The third kappa shape index (κ3) is 7.08. The van der Waals surface area contributed by atoms with Gasteiger partial charge >= 0.3 is 5.97 Å². The maximum absolute atomic E-state index is 12.1. The molecule has 0 bridgehead atoms. The van der Waals surface area contributed by atoms with Crippen LogP contribution in [0, 0.1) is 0 Å². The van der Waals surface area contributed by atoms with Crippen molar-refractivity contribution >= 4 is 27.8 Å². The number of benzene rings is 1. The third-order valence-electron chi connectivity index (χ3n) is 4.30. The van der Waals surface area contributed by atoms with Gasteiger partial charge in [-0.25, -0.2) is 13.2 Å². The summed E-state index contributed by atoms with van der Waals surface area (Å²) in [4.78, 5) is 24.1. The minimum Gasteiger partial charge on any atom is -0.493 e. The zero-order chi connectivity index (χ0) is 21.4. The molecule has 1 aromatic rings. The number of hydrogen-bond donors (Lipinski definition) is 1. The Labute approximate surface area is 171 Å². The van der Waals surface area contributed by atoms with Gasteiger partial charge in [-0.05, 0) is 43.5 Å². The lowest BCUT2D eigenvalue weighted by Gasteiger charge is -2.15. The number of rotatable bonds is 9. The van der Waals surface area contributed by atoms with Crippen molar-refractivity contribution in [1.29, 1.82) is 0 Å². The second-order valence-electron chi connectivity index (χ2n) is 6.78. The van der Waals surface area contributed by atoms with Gasteiger partial charge in [-0.3, -0.25) is 4.79 Å². The number of amides is 1. The van der Waals surface area contributed by atoms with Gasteiger partial charge < -0.3 is 19.5 Å². The summed E-state index contributed by atoms with van der Waals surface area (Å²) in [5, 5.41) is 2.60. The van der Waals surface area contributed by atoms with Crippen molar-refractivity contribution in [1.82, 2.24) is 5.32 Å². The highest BCUT2D eigenvalue weighted by molar-refractivity contribution is 7.91. The van der Waals surface area contributed by atoms with Crippen LogP contribution in [0.1, 0.15) is 32.3 Å². The SMILES string of the molecule is CCCOc1ccc(/C=C/C(=O)O[C@@H](C)C(=O)N[C@@H]2CCS(=O)(=O)C2)cc1OC. The van der Waals surface area contributed by atoms with Crippen LogP contribution in [0.3, 0.4) is 0 Å². The highest BCUT2D eigenvalue weighted by atomic mass is 32.2. The van der Waals surface area contributed by atoms with E-state index in [0.29, 0.717) is 30.1 Å². The number of carbonyl (C=O) groups is 2. The lowest BCUT2D eigenvalue weighted by atomic mass is 10.2. The number of nitrogens with one attached hydrogen (secondary N) is 1. The predicted molar refractivity (Wildman–Crippen MR) is 109 cm³/mol. The molecule has 0 aromatic heterocycles. The van der Waals surface area contributed by atoms with Crippen molar-refractivity contribution in [2.75, 3.05) is 25.2 Å². The molecular weight excluding hydrogens is 398 g/mol.